The smallest absolute Gasteiger partial charge is 0.308 e. The van der Waals surface area contributed by atoms with E-state index < -0.39 is 0 Å². The van der Waals surface area contributed by atoms with Gasteiger partial charge in [-0.15, -0.1) is 0 Å². The molecule has 0 amide bonds. The van der Waals surface area contributed by atoms with Crippen LogP contribution in [0.4, 0.5) is 0 Å². The molecule has 0 bridgehead atoms. The molecule has 2 saturated carbocycles. The number of carbonyl (C=O) groups excluding carboxylic acids is 1. The zero-order valence-corrected chi connectivity index (χ0v) is 8.40. The van der Waals surface area contributed by atoms with Crippen molar-refractivity contribution < 1.29 is 9.53 Å². The Morgan fingerprint density at radius 3 is 2.29 bits per heavy atom. The van der Waals surface area contributed by atoms with Gasteiger partial charge in [0.05, 0.1) is 19.1 Å². The second kappa shape index (κ2) is 3.61. The maximum atomic E-state index is 11.3. The van der Waals surface area contributed by atoms with E-state index in [4.69, 9.17) is 10.00 Å². The average Bonchev–Trinajstić information content (AvgIpc) is 2.72. The molecule has 2 fully saturated rings. The molecule has 0 aromatic heterocycles. The normalized spacial score (nSPS) is 40.3. The second-order valence-electron chi connectivity index (χ2n) is 4.51. The zero-order chi connectivity index (χ0) is 10.1. The van der Waals surface area contributed by atoms with Gasteiger partial charge in [0.2, 0.25) is 0 Å². The standard InChI is InChI=1S/C11H15NO2/c1-14-11(13)10-4-8-2-7(6-12)3-9(8)5-10/h7-10H,2-5H2,1H3. The number of nitrogens with zero attached hydrogens (tertiary/aromatic N) is 1. The van der Waals surface area contributed by atoms with Crippen LogP contribution in [0.5, 0.6) is 0 Å². The number of fused-ring (bicyclic) bond motifs is 1. The van der Waals surface area contributed by atoms with E-state index in [1.165, 1.54) is 7.11 Å². The lowest BCUT2D eigenvalue weighted by molar-refractivity contribution is -0.145. The molecule has 14 heavy (non-hydrogen) atoms. The van der Waals surface area contributed by atoms with E-state index in [0.29, 0.717) is 11.8 Å². The van der Waals surface area contributed by atoms with Crippen LogP contribution in [0.2, 0.25) is 0 Å². The summed E-state index contributed by atoms with van der Waals surface area (Å²) in [6.07, 6.45) is 3.87. The summed E-state index contributed by atoms with van der Waals surface area (Å²) in [7, 11) is 1.45. The maximum absolute atomic E-state index is 11.3. The molecule has 2 aliphatic rings. The van der Waals surface area contributed by atoms with Crippen molar-refractivity contribution in [1.29, 1.82) is 5.26 Å². The van der Waals surface area contributed by atoms with Crippen molar-refractivity contribution in [2.75, 3.05) is 7.11 Å². The molecule has 0 aromatic carbocycles. The van der Waals surface area contributed by atoms with E-state index in [-0.39, 0.29) is 17.8 Å². The van der Waals surface area contributed by atoms with Gasteiger partial charge in [-0.25, -0.2) is 0 Å². The first-order chi connectivity index (χ1) is 6.74. The molecule has 76 valence electrons. The Morgan fingerprint density at radius 1 is 1.29 bits per heavy atom. The van der Waals surface area contributed by atoms with E-state index in [0.717, 1.165) is 25.7 Å². The van der Waals surface area contributed by atoms with Gasteiger partial charge >= 0.3 is 5.97 Å². The molecular weight excluding hydrogens is 178 g/mol. The highest BCUT2D eigenvalue weighted by Gasteiger charge is 2.44. The van der Waals surface area contributed by atoms with Crippen LogP contribution in [0.1, 0.15) is 25.7 Å². The minimum absolute atomic E-state index is 0.0621. The Morgan fingerprint density at radius 2 is 1.86 bits per heavy atom. The molecule has 0 heterocycles. The number of methoxy groups -OCH3 is 1. The van der Waals surface area contributed by atoms with E-state index in [9.17, 15) is 4.79 Å². The SMILES string of the molecule is COC(=O)C1CC2CC(C#N)CC2C1. The summed E-state index contributed by atoms with van der Waals surface area (Å²) in [5, 5.41) is 8.80. The number of hydrogen-bond donors (Lipinski definition) is 0. The predicted molar refractivity (Wildman–Crippen MR) is 50.1 cm³/mol. The van der Waals surface area contributed by atoms with Crippen molar-refractivity contribution in [3.8, 4) is 6.07 Å². The number of nitriles is 1. The van der Waals surface area contributed by atoms with Gasteiger partial charge in [0.1, 0.15) is 0 Å². The van der Waals surface area contributed by atoms with Crippen molar-refractivity contribution in [1.82, 2.24) is 0 Å². The monoisotopic (exact) mass is 193 g/mol. The minimum Gasteiger partial charge on any atom is -0.469 e. The molecule has 2 rings (SSSR count). The highest BCUT2D eigenvalue weighted by Crippen LogP contribution is 2.49. The summed E-state index contributed by atoms with van der Waals surface area (Å²) < 4.78 is 4.75. The number of rotatable bonds is 1. The van der Waals surface area contributed by atoms with Gasteiger partial charge in [0.25, 0.3) is 0 Å². The fourth-order valence-electron chi connectivity index (χ4n) is 3.08. The zero-order valence-electron chi connectivity index (χ0n) is 8.40. The topological polar surface area (TPSA) is 50.1 Å². The van der Waals surface area contributed by atoms with Gasteiger partial charge in [-0.05, 0) is 37.5 Å². The van der Waals surface area contributed by atoms with Gasteiger partial charge in [-0.1, -0.05) is 0 Å². The van der Waals surface area contributed by atoms with Gasteiger partial charge in [0, 0.05) is 5.92 Å². The van der Waals surface area contributed by atoms with Gasteiger partial charge in [-0.2, -0.15) is 5.26 Å². The Balaban J connectivity index is 1.94. The van der Waals surface area contributed by atoms with E-state index in [2.05, 4.69) is 6.07 Å². The fraction of sp³-hybridized carbons (Fsp3) is 0.818. The fourth-order valence-corrected chi connectivity index (χ4v) is 3.08. The number of carbonyl (C=O) groups is 1. The molecule has 2 unspecified atom stereocenters. The van der Waals surface area contributed by atoms with Gasteiger partial charge in [-0.3, -0.25) is 4.79 Å². The third-order valence-corrected chi connectivity index (χ3v) is 3.73. The summed E-state index contributed by atoms with van der Waals surface area (Å²) in [6, 6.07) is 2.33. The molecule has 0 aromatic rings. The molecule has 2 aliphatic carbocycles. The highest BCUT2D eigenvalue weighted by atomic mass is 16.5. The molecule has 0 N–H and O–H groups in total. The number of hydrogen-bond acceptors (Lipinski definition) is 3. The Labute approximate surface area is 84.0 Å². The molecular formula is C11H15NO2. The Bertz CT molecular complexity index is 268. The van der Waals surface area contributed by atoms with Crippen LogP contribution in [-0.2, 0) is 9.53 Å². The van der Waals surface area contributed by atoms with Gasteiger partial charge < -0.3 is 4.74 Å². The summed E-state index contributed by atoms with van der Waals surface area (Å²) in [5.41, 5.74) is 0. The predicted octanol–water partition coefficient (Wildman–Crippen LogP) is 1.74. The van der Waals surface area contributed by atoms with Crippen LogP contribution in [0, 0.1) is 35.0 Å². The van der Waals surface area contributed by atoms with Gasteiger partial charge in [0.15, 0.2) is 0 Å². The molecule has 3 heteroatoms. The van der Waals surface area contributed by atoms with Crippen molar-refractivity contribution in [2.24, 2.45) is 23.7 Å². The number of ether oxygens (including phenoxy) is 1. The molecule has 0 saturated heterocycles. The van der Waals surface area contributed by atoms with Crippen molar-refractivity contribution >= 4 is 5.97 Å². The summed E-state index contributed by atoms with van der Waals surface area (Å²) in [4.78, 5) is 11.3. The lowest BCUT2D eigenvalue weighted by Crippen LogP contribution is -2.14. The largest absolute Gasteiger partial charge is 0.469 e. The van der Waals surface area contributed by atoms with E-state index >= 15 is 0 Å². The first-order valence-corrected chi connectivity index (χ1v) is 5.22. The van der Waals surface area contributed by atoms with Crippen molar-refractivity contribution in [3.05, 3.63) is 0 Å². The van der Waals surface area contributed by atoms with E-state index in [1.54, 1.807) is 0 Å². The number of esters is 1. The summed E-state index contributed by atoms with van der Waals surface area (Å²) in [6.45, 7) is 0. The third-order valence-electron chi connectivity index (χ3n) is 3.73. The quantitative estimate of drug-likeness (QED) is 0.596. The van der Waals surface area contributed by atoms with Crippen LogP contribution < -0.4 is 0 Å². The first kappa shape index (κ1) is 9.51. The van der Waals surface area contributed by atoms with Crippen LogP contribution in [0.3, 0.4) is 0 Å². The summed E-state index contributed by atoms with van der Waals surface area (Å²) in [5.74, 6) is 1.48. The second-order valence-corrected chi connectivity index (χ2v) is 4.51. The Kier molecular flexibility index (Phi) is 2.45. The molecule has 0 radical (unpaired) electrons. The molecule has 2 atom stereocenters. The summed E-state index contributed by atoms with van der Waals surface area (Å²) >= 11 is 0. The maximum Gasteiger partial charge on any atom is 0.308 e. The molecule has 0 spiro atoms. The lowest BCUT2D eigenvalue weighted by Gasteiger charge is -2.08. The average molecular weight is 193 g/mol. The Hall–Kier alpha value is -1.04. The molecule has 0 aliphatic heterocycles. The van der Waals surface area contributed by atoms with E-state index in [1.807, 2.05) is 0 Å². The molecule has 3 nitrogen and oxygen atoms in total. The third kappa shape index (κ3) is 1.50. The van der Waals surface area contributed by atoms with Crippen molar-refractivity contribution in [2.45, 2.75) is 25.7 Å². The van der Waals surface area contributed by atoms with Crippen LogP contribution >= 0.6 is 0 Å². The lowest BCUT2D eigenvalue weighted by atomic mass is 9.99. The van der Waals surface area contributed by atoms with Crippen LogP contribution in [-0.4, -0.2) is 13.1 Å². The van der Waals surface area contributed by atoms with Crippen LogP contribution in [0.15, 0.2) is 0 Å². The van der Waals surface area contributed by atoms with Crippen molar-refractivity contribution in [3.63, 3.8) is 0 Å². The minimum atomic E-state index is -0.0621. The van der Waals surface area contributed by atoms with Crippen LogP contribution in [0.25, 0.3) is 0 Å². The first-order valence-electron chi connectivity index (χ1n) is 5.22. The highest BCUT2D eigenvalue weighted by molar-refractivity contribution is 5.72.